The molecule has 1 atom stereocenters. The third-order valence-electron chi connectivity index (χ3n) is 3.97. The van der Waals surface area contributed by atoms with Gasteiger partial charge in [0.1, 0.15) is 0 Å². The first-order chi connectivity index (χ1) is 9.71. The number of ether oxygens (including phenoxy) is 1. The maximum absolute atomic E-state index is 5.67. The van der Waals surface area contributed by atoms with Gasteiger partial charge in [-0.15, -0.1) is 11.3 Å². The highest BCUT2D eigenvalue weighted by atomic mass is 79.9. The van der Waals surface area contributed by atoms with E-state index in [1.807, 2.05) is 11.3 Å². The summed E-state index contributed by atoms with van der Waals surface area (Å²) >= 11 is 5.41. The summed E-state index contributed by atoms with van der Waals surface area (Å²) in [6.07, 6.45) is 6.70. The average Bonchev–Trinajstić information content (AvgIpc) is 2.78. The third-order valence-corrected chi connectivity index (χ3v) is 5.68. The van der Waals surface area contributed by atoms with Gasteiger partial charge in [0.2, 0.25) is 0 Å². The summed E-state index contributed by atoms with van der Waals surface area (Å²) in [6, 6.07) is 2.88. The molecular weight excluding hydrogens is 334 g/mol. The lowest BCUT2D eigenvalue weighted by Gasteiger charge is -2.37. The number of halogens is 1. The second-order valence-corrected chi connectivity index (χ2v) is 7.65. The van der Waals surface area contributed by atoms with Crippen molar-refractivity contribution in [2.75, 3.05) is 13.2 Å². The second-order valence-electron chi connectivity index (χ2n) is 5.74. The van der Waals surface area contributed by atoms with Crippen LogP contribution < -0.4 is 5.32 Å². The molecule has 0 saturated heterocycles. The molecule has 114 valence electrons. The first-order valence-electron chi connectivity index (χ1n) is 7.79. The molecule has 1 fully saturated rings. The van der Waals surface area contributed by atoms with Crippen LogP contribution in [0.25, 0.3) is 0 Å². The highest BCUT2D eigenvalue weighted by molar-refractivity contribution is 9.10. The minimum absolute atomic E-state index is 0.535. The number of rotatable bonds is 9. The van der Waals surface area contributed by atoms with Crippen molar-refractivity contribution in [1.29, 1.82) is 0 Å². The zero-order valence-electron chi connectivity index (χ0n) is 12.5. The molecule has 0 radical (unpaired) electrons. The van der Waals surface area contributed by atoms with Gasteiger partial charge in [0.15, 0.2) is 0 Å². The maximum Gasteiger partial charge on any atom is 0.0580 e. The Hall–Kier alpha value is 0.1000. The quantitative estimate of drug-likeness (QED) is 0.693. The highest BCUT2D eigenvalue weighted by Gasteiger charge is 2.31. The molecule has 0 spiro atoms. The predicted octanol–water partition coefficient (Wildman–Crippen LogP) is 4.63. The summed E-state index contributed by atoms with van der Waals surface area (Å²) in [4.78, 5) is 1.48. The van der Waals surface area contributed by atoms with Crippen molar-refractivity contribution < 1.29 is 4.74 Å². The molecule has 0 aromatic carbocycles. The van der Waals surface area contributed by atoms with Crippen LogP contribution in [0.3, 0.4) is 0 Å². The molecule has 1 aromatic rings. The van der Waals surface area contributed by atoms with E-state index < -0.39 is 0 Å². The molecule has 1 N–H and O–H groups in total. The number of nitrogens with one attached hydrogen (secondary N) is 1. The van der Waals surface area contributed by atoms with Crippen LogP contribution in [-0.2, 0) is 11.2 Å². The number of hydrogen-bond acceptors (Lipinski definition) is 3. The van der Waals surface area contributed by atoms with Crippen molar-refractivity contribution in [3.05, 3.63) is 20.8 Å². The Labute approximate surface area is 135 Å². The minimum atomic E-state index is 0.535. The van der Waals surface area contributed by atoms with Gasteiger partial charge in [-0.3, -0.25) is 0 Å². The first-order valence-corrected chi connectivity index (χ1v) is 9.46. The summed E-state index contributed by atoms with van der Waals surface area (Å²) in [6.45, 7) is 6.31. The molecule has 1 aliphatic rings. The summed E-state index contributed by atoms with van der Waals surface area (Å²) in [5.41, 5.74) is 0. The van der Waals surface area contributed by atoms with Gasteiger partial charge in [0.25, 0.3) is 0 Å². The molecule has 1 heterocycles. The molecule has 0 amide bonds. The van der Waals surface area contributed by atoms with Crippen LogP contribution in [0, 0.1) is 5.92 Å². The lowest BCUT2D eigenvalue weighted by molar-refractivity contribution is -0.0289. The molecule has 1 saturated carbocycles. The monoisotopic (exact) mass is 359 g/mol. The summed E-state index contributed by atoms with van der Waals surface area (Å²) < 4.78 is 6.88. The topological polar surface area (TPSA) is 21.3 Å². The van der Waals surface area contributed by atoms with Gasteiger partial charge >= 0.3 is 0 Å². The van der Waals surface area contributed by atoms with Crippen molar-refractivity contribution >= 4 is 27.3 Å². The third kappa shape index (κ3) is 5.14. The van der Waals surface area contributed by atoms with Gasteiger partial charge in [0, 0.05) is 27.4 Å². The van der Waals surface area contributed by atoms with Crippen molar-refractivity contribution in [2.45, 2.75) is 58.1 Å². The highest BCUT2D eigenvalue weighted by Crippen LogP contribution is 2.34. The van der Waals surface area contributed by atoms with E-state index in [1.54, 1.807) is 0 Å². The Morgan fingerprint density at radius 3 is 2.85 bits per heavy atom. The van der Waals surface area contributed by atoms with E-state index in [-0.39, 0.29) is 0 Å². The fraction of sp³-hybridized carbons (Fsp3) is 0.750. The van der Waals surface area contributed by atoms with Gasteiger partial charge in [0.05, 0.1) is 6.10 Å². The number of thiophene rings is 1. The van der Waals surface area contributed by atoms with E-state index in [2.05, 4.69) is 46.5 Å². The SMILES string of the molecule is CCCNC(Cc1cc(Br)cs1)CC1CC(OCC)C1. The van der Waals surface area contributed by atoms with Gasteiger partial charge in [-0.2, -0.15) is 0 Å². The van der Waals surface area contributed by atoms with Crippen LogP contribution in [0.4, 0.5) is 0 Å². The van der Waals surface area contributed by atoms with Gasteiger partial charge in [-0.05, 0) is 73.5 Å². The van der Waals surface area contributed by atoms with Crippen LogP contribution in [0.5, 0.6) is 0 Å². The molecule has 0 bridgehead atoms. The molecule has 4 heteroatoms. The molecule has 0 aliphatic heterocycles. The summed E-state index contributed by atoms with van der Waals surface area (Å²) in [7, 11) is 0. The minimum Gasteiger partial charge on any atom is -0.378 e. The van der Waals surface area contributed by atoms with Gasteiger partial charge < -0.3 is 10.1 Å². The fourth-order valence-corrected chi connectivity index (χ4v) is 4.46. The van der Waals surface area contributed by atoms with Crippen LogP contribution in [0.2, 0.25) is 0 Å². The van der Waals surface area contributed by atoms with Crippen molar-refractivity contribution in [3.63, 3.8) is 0 Å². The first kappa shape index (κ1) is 16.5. The van der Waals surface area contributed by atoms with E-state index >= 15 is 0 Å². The van der Waals surface area contributed by atoms with Crippen LogP contribution in [-0.4, -0.2) is 25.3 Å². The average molecular weight is 360 g/mol. The molecule has 2 rings (SSSR count). The molecular formula is C16H26BrNOS. The largest absolute Gasteiger partial charge is 0.378 e. The number of hydrogen-bond donors (Lipinski definition) is 1. The van der Waals surface area contributed by atoms with E-state index in [4.69, 9.17) is 4.74 Å². The molecule has 2 nitrogen and oxygen atoms in total. The Balaban J connectivity index is 1.78. The molecule has 1 aromatic heterocycles. The molecule has 20 heavy (non-hydrogen) atoms. The van der Waals surface area contributed by atoms with Crippen LogP contribution in [0.15, 0.2) is 15.9 Å². The zero-order valence-corrected chi connectivity index (χ0v) is 14.9. The summed E-state index contributed by atoms with van der Waals surface area (Å²) in [5, 5.41) is 5.90. The Kier molecular flexibility index (Phi) is 7.02. The standard InChI is InChI=1S/C16H26BrNOS/c1-3-5-18-14(10-16-9-13(17)11-20-16)6-12-7-15(8-12)19-4-2/h9,11-12,14-15,18H,3-8,10H2,1-2H3. The second kappa shape index (κ2) is 8.52. The lowest BCUT2D eigenvalue weighted by atomic mass is 9.77. The van der Waals surface area contributed by atoms with Gasteiger partial charge in [-0.1, -0.05) is 6.92 Å². The maximum atomic E-state index is 5.67. The van der Waals surface area contributed by atoms with Crippen LogP contribution >= 0.6 is 27.3 Å². The van der Waals surface area contributed by atoms with E-state index in [1.165, 1.54) is 35.0 Å². The van der Waals surface area contributed by atoms with Crippen molar-refractivity contribution in [1.82, 2.24) is 5.32 Å². The molecule has 1 aliphatic carbocycles. The Morgan fingerprint density at radius 2 is 2.25 bits per heavy atom. The van der Waals surface area contributed by atoms with Crippen LogP contribution in [0.1, 0.15) is 44.4 Å². The van der Waals surface area contributed by atoms with E-state index in [0.717, 1.165) is 25.5 Å². The van der Waals surface area contributed by atoms with Crippen molar-refractivity contribution in [3.8, 4) is 0 Å². The van der Waals surface area contributed by atoms with Crippen molar-refractivity contribution in [2.24, 2.45) is 5.92 Å². The Bertz CT molecular complexity index is 390. The normalized spacial score (nSPS) is 23.6. The summed E-state index contributed by atoms with van der Waals surface area (Å²) in [5.74, 6) is 0.851. The van der Waals surface area contributed by atoms with Gasteiger partial charge in [-0.25, -0.2) is 0 Å². The fourth-order valence-electron chi connectivity index (χ4n) is 2.93. The van der Waals surface area contributed by atoms with E-state index in [0.29, 0.717) is 12.1 Å². The molecule has 1 unspecified atom stereocenters. The zero-order chi connectivity index (χ0) is 14.4. The predicted molar refractivity (Wildman–Crippen MR) is 90.6 cm³/mol. The Morgan fingerprint density at radius 1 is 1.45 bits per heavy atom. The lowest BCUT2D eigenvalue weighted by Crippen LogP contribution is -2.39. The smallest absolute Gasteiger partial charge is 0.0580 e. The van der Waals surface area contributed by atoms with E-state index in [9.17, 15) is 0 Å².